The van der Waals surface area contributed by atoms with Gasteiger partial charge in [0.2, 0.25) is 0 Å². The van der Waals surface area contributed by atoms with Gasteiger partial charge >= 0.3 is 0 Å². The average Bonchev–Trinajstić information content (AvgIpc) is 2.65. The molecule has 1 aromatic carbocycles. The van der Waals surface area contributed by atoms with Crippen molar-refractivity contribution in [1.29, 1.82) is 0 Å². The summed E-state index contributed by atoms with van der Waals surface area (Å²) in [6.45, 7) is 0.655. The van der Waals surface area contributed by atoms with Gasteiger partial charge in [-0.25, -0.2) is 4.98 Å². The molecule has 3 rings (SSSR count). The fourth-order valence-electron chi connectivity index (χ4n) is 3.38. The van der Waals surface area contributed by atoms with E-state index in [1.807, 2.05) is 25.2 Å². The van der Waals surface area contributed by atoms with E-state index in [4.69, 9.17) is 16.3 Å². The Hall–Kier alpha value is -1.73. The number of ether oxygens (including phenoxy) is 1. The second-order valence-corrected chi connectivity index (χ2v) is 7.72. The molecule has 1 aromatic heterocycles. The number of hydrogen-bond donors (Lipinski definition) is 2. The molecule has 7 heteroatoms. The van der Waals surface area contributed by atoms with Crippen LogP contribution in [0.25, 0.3) is 0 Å². The number of hydrogen-bond acceptors (Lipinski definition) is 6. The summed E-state index contributed by atoms with van der Waals surface area (Å²) in [5, 5.41) is 13.8. The number of nitrogens with zero attached hydrogens (tertiary/aromatic N) is 3. The van der Waals surface area contributed by atoms with Crippen LogP contribution in [0.3, 0.4) is 0 Å². The summed E-state index contributed by atoms with van der Waals surface area (Å²) in [6, 6.07) is 10.5. The molecule has 0 amide bonds. The van der Waals surface area contributed by atoms with Crippen molar-refractivity contribution in [2.45, 2.75) is 43.9 Å². The van der Waals surface area contributed by atoms with Crippen LogP contribution in [0, 0.1) is 0 Å². The second-order valence-electron chi connectivity index (χ2n) is 7.36. The summed E-state index contributed by atoms with van der Waals surface area (Å²) in [6.07, 6.45) is 5.54. The summed E-state index contributed by atoms with van der Waals surface area (Å²) in [4.78, 5) is 11.4. The summed E-state index contributed by atoms with van der Waals surface area (Å²) >= 11 is 6.55. The molecule has 1 heterocycles. The molecule has 0 saturated heterocycles. The van der Waals surface area contributed by atoms with Crippen molar-refractivity contribution >= 4 is 17.4 Å². The van der Waals surface area contributed by atoms with E-state index >= 15 is 0 Å². The van der Waals surface area contributed by atoms with E-state index in [-0.39, 0.29) is 12.6 Å². The van der Waals surface area contributed by atoms with Crippen LogP contribution in [0.4, 0.5) is 5.82 Å². The Morgan fingerprint density at radius 1 is 1.32 bits per heavy atom. The predicted molar refractivity (Wildman–Crippen MR) is 112 cm³/mol. The van der Waals surface area contributed by atoms with E-state index < -0.39 is 6.10 Å². The van der Waals surface area contributed by atoms with Gasteiger partial charge in [0.05, 0.1) is 30.6 Å². The normalized spacial score (nSPS) is 16.4. The number of rotatable bonds is 10. The van der Waals surface area contributed by atoms with Gasteiger partial charge in [0.25, 0.3) is 0 Å². The molecule has 1 aliphatic rings. The molecule has 0 bridgehead atoms. The number of aliphatic hydroxyl groups excluding tert-OH is 1. The van der Waals surface area contributed by atoms with Gasteiger partial charge in [-0.2, -0.15) is 0 Å². The average molecular weight is 405 g/mol. The van der Waals surface area contributed by atoms with Gasteiger partial charge in [-0.15, -0.1) is 0 Å². The van der Waals surface area contributed by atoms with Gasteiger partial charge < -0.3 is 20.1 Å². The van der Waals surface area contributed by atoms with Crippen molar-refractivity contribution in [1.82, 2.24) is 15.3 Å². The largest absolute Gasteiger partial charge is 0.389 e. The molecule has 1 saturated carbocycles. The van der Waals surface area contributed by atoms with Gasteiger partial charge in [-0.05, 0) is 31.2 Å². The van der Waals surface area contributed by atoms with E-state index in [0.29, 0.717) is 29.9 Å². The lowest BCUT2D eigenvalue weighted by Gasteiger charge is -2.35. The minimum atomic E-state index is -0.598. The Kier molecular flexibility index (Phi) is 7.62. The Labute approximate surface area is 171 Å². The molecular formula is C21H29ClN4O2. The zero-order chi connectivity index (χ0) is 19.9. The maximum Gasteiger partial charge on any atom is 0.154 e. The fourth-order valence-corrected chi connectivity index (χ4v) is 3.64. The van der Waals surface area contributed by atoms with Crippen LogP contribution >= 0.6 is 11.6 Å². The fraction of sp³-hybridized carbons (Fsp3) is 0.524. The van der Waals surface area contributed by atoms with Gasteiger partial charge in [-0.3, -0.25) is 4.98 Å². The summed E-state index contributed by atoms with van der Waals surface area (Å²) in [7, 11) is 3.62. The Balaban J connectivity index is 1.77. The Bertz CT molecular complexity index is 742. The molecule has 0 radical (unpaired) electrons. The van der Waals surface area contributed by atoms with Crippen molar-refractivity contribution in [3.63, 3.8) is 0 Å². The Morgan fingerprint density at radius 2 is 2.07 bits per heavy atom. The highest BCUT2D eigenvalue weighted by atomic mass is 35.5. The summed E-state index contributed by atoms with van der Waals surface area (Å²) < 4.78 is 5.01. The lowest BCUT2D eigenvalue weighted by molar-refractivity contribution is 0.0626. The van der Waals surface area contributed by atoms with Gasteiger partial charge in [0, 0.05) is 26.7 Å². The molecule has 2 aromatic rings. The molecule has 152 valence electrons. The van der Waals surface area contributed by atoms with E-state index in [0.717, 1.165) is 11.4 Å². The van der Waals surface area contributed by atoms with Gasteiger partial charge in [-0.1, -0.05) is 41.9 Å². The first-order chi connectivity index (χ1) is 13.6. The van der Waals surface area contributed by atoms with Crippen LogP contribution in [-0.4, -0.2) is 54.5 Å². The van der Waals surface area contributed by atoms with Gasteiger partial charge in [0.15, 0.2) is 5.15 Å². The molecule has 2 N–H and O–H groups in total. The number of aliphatic hydroxyl groups is 1. The molecule has 1 unspecified atom stereocenters. The smallest absolute Gasteiger partial charge is 0.154 e. The molecule has 0 spiro atoms. The molecule has 2 atom stereocenters. The number of nitrogens with one attached hydrogen (secondary N) is 1. The highest BCUT2D eigenvalue weighted by molar-refractivity contribution is 6.30. The third-order valence-corrected chi connectivity index (χ3v) is 5.58. The van der Waals surface area contributed by atoms with Crippen LogP contribution in [-0.2, 0) is 11.2 Å². The minimum absolute atomic E-state index is 0.156. The quantitative estimate of drug-likeness (QED) is 0.634. The highest BCUT2D eigenvalue weighted by Gasteiger charge is 2.25. The first-order valence-electron chi connectivity index (χ1n) is 9.78. The van der Waals surface area contributed by atoms with E-state index in [2.05, 4.69) is 32.3 Å². The van der Waals surface area contributed by atoms with Crippen LogP contribution < -0.4 is 10.2 Å². The van der Waals surface area contributed by atoms with E-state index in [9.17, 15) is 5.11 Å². The maximum absolute atomic E-state index is 10.0. The third kappa shape index (κ3) is 5.41. The maximum atomic E-state index is 10.0. The van der Waals surface area contributed by atoms with Crippen LogP contribution in [0.15, 0.2) is 36.5 Å². The van der Waals surface area contributed by atoms with Crippen molar-refractivity contribution in [3.8, 4) is 0 Å². The zero-order valence-electron chi connectivity index (χ0n) is 16.5. The number of anilines is 1. The lowest BCUT2D eigenvalue weighted by Crippen LogP contribution is -2.38. The summed E-state index contributed by atoms with van der Waals surface area (Å²) in [5.74, 6) is 0.802. The number of benzene rings is 1. The van der Waals surface area contributed by atoms with Crippen molar-refractivity contribution in [3.05, 3.63) is 52.9 Å². The standard InChI is InChI=1S/C21H29ClN4O2/c1-26(16-9-6-10-16)19-13-24-20(21(22)25-19)18(23-12-17(27)14-28-2)11-15-7-4-3-5-8-15/h3-5,7-8,13,16-18,23,27H,6,9-12,14H2,1-2H3/t17-,18?/m1/s1. The highest BCUT2D eigenvalue weighted by Crippen LogP contribution is 2.29. The zero-order valence-corrected chi connectivity index (χ0v) is 17.3. The summed E-state index contributed by atoms with van der Waals surface area (Å²) in [5.41, 5.74) is 1.86. The number of aromatic nitrogens is 2. The predicted octanol–water partition coefficient (Wildman–Crippen LogP) is 3.00. The van der Waals surface area contributed by atoms with E-state index in [1.54, 1.807) is 13.3 Å². The number of halogens is 1. The topological polar surface area (TPSA) is 70.5 Å². The third-order valence-electron chi connectivity index (χ3n) is 5.30. The van der Waals surface area contributed by atoms with E-state index in [1.165, 1.54) is 19.3 Å². The SMILES string of the molecule is COC[C@H](O)CNC(Cc1ccccc1)c1ncc(N(C)C2CCC2)nc1Cl. The van der Waals surface area contributed by atoms with Crippen LogP contribution in [0.2, 0.25) is 5.15 Å². The molecule has 6 nitrogen and oxygen atoms in total. The monoisotopic (exact) mass is 404 g/mol. The van der Waals surface area contributed by atoms with Crippen LogP contribution in [0.5, 0.6) is 0 Å². The minimum Gasteiger partial charge on any atom is -0.389 e. The second kappa shape index (κ2) is 10.2. The molecule has 0 aliphatic heterocycles. The van der Waals surface area contributed by atoms with Crippen molar-refractivity contribution in [2.24, 2.45) is 0 Å². The molecule has 1 fully saturated rings. The number of methoxy groups -OCH3 is 1. The van der Waals surface area contributed by atoms with Crippen molar-refractivity contribution in [2.75, 3.05) is 32.2 Å². The molecule has 1 aliphatic carbocycles. The van der Waals surface area contributed by atoms with Crippen LogP contribution in [0.1, 0.15) is 36.6 Å². The van der Waals surface area contributed by atoms with Crippen molar-refractivity contribution < 1.29 is 9.84 Å². The first-order valence-corrected chi connectivity index (χ1v) is 10.2. The Morgan fingerprint density at radius 3 is 2.68 bits per heavy atom. The molecule has 28 heavy (non-hydrogen) atoms. The first kappa shape index (κ1) is 21.0. The lowest BCUT2D eigenvalue weighted by atomic mass is 9.92. The van der Waals surface area contributed by atoms with Gasteiger partial charge in [0.1, 0.15) is 5.82 Å². The molecular weight excluding hydrogens is 376 g/mol.